The van der Waals surface area contributed by atoms with E-state index in [1.54, 1.807) is 6.07 Å². The van der Waals surface area contributed by atoms with E-state index in [-0.39, 0.29) is 22.6 Å². The smallest absolute Gasteiger partial charge is 0.185 e. The van der Waals surface area contributed by atoms with Crippen LogP contribution in [0.5, 0.6) is 0 Å². The number of nitrogens with zero attached hydrogens (tertiary/aromatic N) is 2. The van der Waals surface area contributed by atoms with Gasteiger partial charge in [-0.3, -0.25) is 4.79 Å². The normalized spacial score (nSPS) is 29.7. The predicted octanol–water partition coefficient (Wildman–Crippen LogP) is 3.48. The fourth-order valence-corrected chi connectivity index (χ4v) is 4.80. The van der Waals surface area contributed by atoms with E-state index in [1.807, 2.05) is 0 Å². The fourth-order valence-electron chi connectivity index (χ4n) is 4.80. The molecule has 4 nitrogen and oxygen atoms in total. The number of benzene rings is 1. The van der Waals surface area contributed by atoms with Crippen molar-refractivity contribution in [3.8, 4) is 11.3 Å². The summed E-state index contributed by atoms with van der Waals surface area (Å²) in [6.45, 7) is 0. The second-order valence-corrected chi connectivity index (χ2v) is 7.27. The Morgan fingerprint density at radius 3 is 2.46 bits per heavy atom. The van der Waals surface area contributed by atoms with Crippen LogP contribution >= 0.6 is 0 Å². The van der Waals surface area contributed by atoms with Gasteiger partial charge in [0.1, 0.15) is 17.4 Å². The number of aromatic nitrogens is 2. The molecule has 3 atom stereocenters. The van der Waals surface area contributed by atoms with E-state index in [2.05, 4.69) is 10.2 Å². The molecule has 0 saturated heterocycles. The van der Waals surface area contributed by atoms with Gasteiger partial charge in [-0.05, 0) is 47.4 Å². The quantitative estimate of drug-likeness (QED) is 0.710. The van der Waals surface area contributed by atoms with Crippen LogP contribution < -0.4 is 5.43 Å². The molecule has 0 amide bonds. The van der Waals surface area contributed by atoms with Gasteiger partial charge in [0.15, 0.2) is 5.43 Å². The van der Waals surface area contributed by atoms with Crippen molar-refractivity contribution in [3.05, 3.63) is 81.5 Å². The summed E-state index contributed by atoms with van der Waals surface area (Å²) in [5.41, 5.74) is 1.69. The van der Waals surface area contributed by atoms with Crippen LogP contribution in [0, 0.1) is 29.4 Å². The maximum atomic E-state index is 14.1. The van der Waals surface area contributed by atoms with Crippen LogP contribution in [-0.4, -0.2) is 10.2 Å². The van der Waals surface area contributed by atoms with Crippen molar-refractivity contribution in [1.82, 2.24) is 10.2 Å². The van der Waals surface area contributed by atoms with Gasteiger partial charge < -0.3 is 4.42 Å². The average Bonchev–Trinajstić information content (AvgIpc) is 3.53. The summed E-state index contributed by atoms with van der Waals surface area (Å²) in [6, 6.07) is 8.38. The molecule has 0 spiro atoms. The third-order valence-corrected chi connectivity index (χ3v) is 6.02. The van der Waals surface area contributed by atoms with E-state index in [1.165, 1.54) is 36.6 Å². The van der Waals surface area contributed by atoms with Crippen LogP contribution in [0.1, 0.15) is 28.9 Å². The average molecular weight is 350 g/mol. The molecule has 4 aliphatic carbocycles. The van der Waals surface area contributed by atoms with Gasteiger partial charge in [0.25, 0.3) is 0 Å². The lowest BCUT2D eigenvalue weighted by Crippen LogP contribution is -2.24. The van der Waals surface area contributed by atoms with Crippen molar-refractivity contribution in [3.63, 3.8) is 0 Å². The van der Waals surface area contributed by atoms with Crippen molar-refractivity contribution in [1.29, 1.82) is 0 Å². The van der Waals surface area contributed by atoms with Gasteiger partial charge in [-0.15, -0.1) is 5.10 Å². The highest BCUT2D eigenvalue weighted by Crippen LogP contribution is 2.84. The first-order chi connectivity index (χ1) is 12.6. The van der Waals surface area contributed by atoms with E-state index < -0.39 is 11.6 Å². The molecule has 3 unspecified atom stereocenters. The molecule has 0 radical (unpaired) electrons. The zero-order chi connectivity index (χ0) is 17.6. The Kier molecular flexibility index (Phi) is 2.55. The Balaban J connectivity index is 1.51. The van der Waals surface area contributed by atoms with Crippen LogP contribution in [0.3, 0.4) is 0 Å². The summed E-state index contributed by atoms with van der Waals surface area (Å²) in [5.74, 6) is 1.12. The molecule has 1 aromatic carbocycles. The number of hydrogen-bond acceptors (Lipinski definition) is 4. The molecule has 2 aromatic heterocycles. The zero-order valence-corrected chi connectivity index (χ0v) is 13.4. The summed E-state index contributed by atoms with van der Waals surface area (Å²) in [5, 5.41) is 8.41. The second kappa shape index (κ2) is 4.63. The second-order valence-electron chi connectivity index (χ2n) is 7.27. The first kappa shape index (κ1) is 14.3. The first-order valence-electron chi connectivity index (χ1n) is 8.56. The third-order valence-electron chi connectivity index (χ3n) is 6.02. The SMILES string of the molecule is O=c1ccoc(C2c3nnc(-c4c(F)cccc4F)cc3C3C4C2C34)c1. The topological polar surface area (TPSA) is 56.0 Å². The molecule has 26 heavy (non-hydrogen) atoms. The van der Waals surface area contributed by atoms with Gasteiger partial charge in [0.05, 0.1) is 29.1 Å². The maximum Gasteiger partial charge on any atom is 0.185 e. The van der Waals surface area contributed by atoms with Crippen molar-refractivity contribution in [2.45, 2.75) is 11.8 Å². The molecule has 128 valence electrons. The summed E-state index contributed by atoms with van der Waals surface area (Å²) < 4.78 is 33.8. The highest BCUT2D eigenvalue weighted by molar-refractivity contribution is 5.64. The Morgan fingerprint density at radius 1 is 0.962 bits per heavy atom. The van der Waals surface area contributed by atoms with Crippen LogP contribution in [0.25, 0.3) is 11.3 Å². The van der Waals surface area contributed by atoms with Gasteiger partial charge in [-0.1, -0.05) is 6.07 Å². The maximum absolute atomic E-state index is 14.1. The first-order valence-corrected chi connectivity index (χ1v) is 8.56. The molecule has 2 fully saturated rings. The van der Waals surface area contributed by atoms with E-state index in [0.29, 0.717) is 29.4 Å². The monoisotopic (exact) mass is 350 g/mol. The highest BCUT2D eigenvalue weighted by atomic mass is 19.1. The standard InChI is InChI=1S/C20H12F2N2O2/c21-10-2-1-3-11(22)15(10)12-7-9-14-17-18(14)19(17)16(20(9)24-23-12)13-6-8(25)4-5-26-13/h1-7,14,16-19H. The minimum absolute atomic E-state index is 0.106. The molecular weight excluding hydrogens is 338 g/mol. The van der Waals surface area contributed by atoms with Crippen LogP contribution in [0.15, 0.2) is 51.9 Å². The fraction of sp³-hybridized carbons (Fsp3) is 0.250. The van der Waals surface area contributed by atoms with E-state index >= 15 is 0 Å². The lowest BCUT2D eigenvalue weighted by atomic mass is 9.76. The van der Waals surface area contributed by atoms with Gasteiger partial charge in [0.2, 0.25) is 0 Å². The summed E-state index contributed by atoms with van der Waals surface area (Å²) in [4.78, 5) is 11.7. The van der Waals surface area contributed by atoms with Gasteiger partial charge in [-0.2, -0.15) is 5.10 Å². The van der Waals surface area contributed by atoms with Crippen molar-refractivity contribution < 1.29 is 13.2 Å². The van der Waals surface area contributed by atoms with Crippen LogP contribution in [0.4, 0.5) is 8.78 Å². The highest BCUT2D eigenvalue weighted by Gasteiger charge is 2.79. The van der Waals surface area contributed by atoms with E-state index in [4.69, 9.17) is 4.42 Å². The van der Waals surface area contributed by atoms with Crippen LogP contribution in [-0.2, 0) is 0 Å². The minimum atomic E-state index is -0.653. The van der Waals surface area contributed by atoms with Crippen LogP contribution in [0.2, 0.25) is 0 Å². The lowest BCUT2D eigenvalue weighted by Gasteiger charge is -2.30. The molecule has 2 bridgehead atoms. The van der Waals surface area contributed by atoms with Gasteiger partial charge >= 0.3 is 0 Å². The number of rotatable bonds is 2. The molecule has 2 heterocycles. The Bertz CT molecular complexity index is 1110. The van der Waals surface area contributed by atoms with Crippen molar-refractivity contribution >= 4 is 0 Å². The Hall–Kier alpha value is -2.89. The van der Waals surface area contributed by atoms with Gasteiger partial charge in [-0.25, -0.2) is 8.78 Å². The largest absolute Gasteiger partial charge is 0.468 e. The molecule has 2 saturated carbocycles. The summed E-state index contributed by atoms with van der Waals surface area (Å²) >= 11 is 0. The van der Waals surface area contributed by atoms with E-state index in [9.17, 15) is 13.6 Å². The Morgan fingerprint density at radius 2 is 1.73 bits per heavy atom. The minimum Gasteiger partial charge on any atom is -0.468 e. The molecule has 4 aliphatic rings. The number of halogens is 2. The summed E-state index contributed by atoms with van der Waals surface area (Å²) in [6.07, 6.45) is 1.40. The molecule has 6 heteroatoms. The van der Waals surface area contributed by atoms with E-state index in [0.717, 1.165) is 11.3 Å². The lowest BCUT2D eigenvalue weighted by molar-refractivity contribution is 0.373. The molecule has 7 rings (SSSR count). The molecule has 0 N–H and O–H groups in total. The predicted molar refractivity (Wildman–Crippen MR) is 87.4 cm³/mol. The molecule has 3 aromatic rings. The summed E-state index contributed by atoms with van der Waals surface area (Å²) in [7, 11) is 0. The molecule has 0 aliphatic heterocycles. The van der Waals surface area contributed by atoms with Crippen molar-refractivity contribution in [2.24, 2.45) is 17.8 Å². The zero-order valence-electron chi connectivity index (χ0n) is 13.4. The van der Waals surface area contributed by atoms with Gasteiger partial charge in [0, 0.05) is 12.1 Å². The number of hydrogen-bond donors (Lipinski definition) is 0. The van der Waals surface area contributed by atoms with Crippen molar-refractivity contribution in [2.75, 3.05) is 0 Å². The third kappa shape index (κ3) is 1.74. The molecular formula is C20H12F2N2O2. The Labute approximate surface area is 146 Å².